The first-order chi connectivity index (χ1) is 6.45. The van der Waals surface area contributed by atoms with Crippen molar-refractivity contribution in [1.29, 1.82) is 0 Å². The average molecular weight is 173 g/mol. The Labute approximate surface area is 74.8 Å². The van der Waals surface area contributed by atoms with Crippen LogP contribution >= 0.6 is 0 Å². The molecule has 4 heteroatoms. The van der Waals surface area contributed by atoms with Gasteiger partial charge in [0.15, 0.2) is 5.82 Å². The van der Waals surface area contributed by atoms with Crippen LogP contribution in [0.1, 0.15) is 5.82 Å². The Morgan fingerprint density at radius 1 is 1.31 bits per heavy atom. The molecular weight excluding hydrogens is 166 g/mol. The molecule has 1 aliphatic heterocycles. The zero-order valence-corrected chi connectivity index (χ0v) is 6.84. The molecule has 0 saturated carbocycles. The fraction of sp³-hybridized carbons (Fsp3) is 0.111. The summed E-state index contributed by atoms with van der Waals surface area (Å²) in [5.41, 5.74) is 1.01. The van der Waals surface area contributed by atoms with Gasteiger partial charge in [-0.15, -0.1) is 10.2 Å². The van der Waals surface area contributed by atoms with Gasteiger partial charge in [-0.05, 0) is 12.1 Å². The number of rotatable bonds is 0. The molecule has 0 atom stereocenters. The molecule has 0 N–H and O–H groups in total. The molecule has 64 valence electrons. The maximum atomic E-state index is 5.48. The molecule has 4 nitrogen and oxygen atoms in total. The number of para-hydroxylation sites is 2. The lowest BCUT2D eigenvalue weighted by Gasteiger charge is -2.17. The van der Waals surface area contributed by atoms with Crippen molar-refractivity contribution in [2.75, 3.05) is 0 Å². The number of ether oxygens (including phenoxy) is 1. The Balaban J connectivity index is 2.30. The van der Waals surface area contributed by atoms with Gasteiger partial charge in [0, 0.05) is 0 Å². The van der Waals surface area contributed by atoms with E-state index in [1.807, 2.05) is 28.8 Å². The van der Waals surface area contributed by atoms with Gasteiger partial charge in [-0.2, -0.15) is 0 Å². The van der Waals surface area contributed by atoms with E-state index in [1.165, 1.54) is 0 Å². The molecule has 0 fully saturated rings. The standard InChI is InChI=1S/C9H7N3O/c1-2-4-8-7(3-1)12-6-10-11-9(12)5-13-8/h1-4,6H,5H2. The fourth-order valence-electron chi connectivity index (χ4n) is 1.48. The van der Waals surface area contributed by atoms with Crippen LogP contribution in [0.5, 0.6) is 5.75 Å². The summed E-state index contributed by atoms with van der Waals surface area (Å²) in [6, 6.07) is 7.85. The van der Waals surface area contributed by atoms with Crippen molar-refractivity contribution in [2.45, 2.75) is 6.61 Å². The topological polar surface area (TPSA) is 39.9 Å². The van der Waals surface area contributed by atoms with E-state index in [0.717, 1.165) is 17.3 Å². The number of fused-ring (bicyclic) bond motifs is 3. The second kappa shape index (κ2) is 2.32. The normalized spacial score (nSPS) is 12.9. The van der Waals surface area contributed by atoms with Gasteiger partial charge in [0.05, 0.1) is 5.69 Å². The number of benzene rings is 1. The van der Waals surface area contributed by atoms with Crippen molar-refractivity contribution < 1.29 is 4.74 Å². The SMILES string of the molecule is c1ccc2c(c1)OCc1nncn1-2. The van der Waals surface area contributed by atoms with Crippen molar-refractivity contribution in [3.63, 3.8) is 0 Å². The molecule has 0 saturated heterocycles. The first kappa shape index (κ1) is 6.65. The summed E-state index contributed by atoms with van der Waals surface area (Å²) in [6.07, 6.45) is 1.71. The predicted molar refractivity (Wildman–Crippen MR) is 45.7 cm³/mol. The van der Waals surface area contributed by atoms with Crippen LogP contribution in [0.3, 0.4) is 0 Å². The van der Waals surface area contributed by atoms with E-state index in [-0.39, 0.29) is 0 Å². The molecule has 0 unspecified atom stereocenters. The van der Waals surface area contributed by atoms with E-state index in [0.29, 0.717) is 6.61 Å². The van der Waals surface area contributed by atoms with E-state index in [1.54, 1.807) is 6.33 Å². The van der Waals surface area contributed by atoms with Crippen LogP contribution in [-0.4, -0.2) is 14.8 Å². The van der Waals surface area contributed by atoms with Gasteiger partial charge < -0.3 is 4.74 Å². The summed E-state index contributed by atoms with van der Waals surface area (Å²) < 4.78 is 7.43. The van der Waals surface area contributed by atoms with E-state index < -0.39 is 0 Å². The summed E-state index contributed by atoms with van der Waals surface area (Å²) in [5.74, 6) is 1.73. The smallest absolute Gasteiger partial charge is 0.175 e. The number of hydrogen-bond donors (Lipinski definition) is 0. The summed E-state index contributed by atoms with van der Waals surface area (Å²) in [7, 11) is 0. The minimum Gasteiger partial charge on any atom is -0.483 e. The van der Waals surface area contributed by atoms with Gasteiger partial charge in [0.25, 0.3) is 0 Å². The molecular formula is C9H7N3O. The van der Waals surface area contributed by atoms with Crippen LogP contribution in [-0.2, 0) is 6.61 Å². The highest BCUT2D eigenvalue weighted by Crippen LogP contribution is 2.27. The highest BCUT2D eigenvalue weighted by atomic mass is 16.5. The molecule has 3 rings (SSSR count). The third-order valence-corrected chi connectivity index (χ3v) is 2.10. The van der Waals surface area contributed by atoms with E-state index in [9.17, 15) is 0 Å². The molecule has 0 aliphatic carbocycles. The minimum absolute atomic E-state index is 0.497. The summed E-state index contributed by atoms with van der Waals surface area (Å²) in [5, 5.41) is 7.78. The summed E-state index contributed by atoms with van der Waals surface area (Å²) in [6.45, 7) is 0.497. The predicted octanol–water partition coefficient (Wildman–Crippen LogP) is 1.16. The quantitative estimate of drug-likeness (QED) is 0.600. The number of hydrogen-bond acceptors (Lipinski definition) is 3. The van der Waals surface area contributed by atoms with Crippen LogP contribution < -0.4 is 4.74 Å². The zero-order chi connectivity index (χ0) is 8.67. The van der Waals surface area contributed by atoms with E-state index in [4.69, 9.17) is 4.74 Å². The van der Waals surface area contributed by atoms with Gasteiger partial charge in [-0.3, -0.25) is 4.57 Å². The van der Waals surface area contributed by atoms with Gasteiger partial charge >= 0.3 is 0 Å². The highest BCUT2D eigenvalue weighted by Gasteiger charge is 2.16. The summed E-state index contributed by atoms with van der Waals surface area (Å²) >= 11 is 0. The zero-order valence-electron chi connectivity index (χ0n) is 6.84. The lowest BCUT2D eigenvalue weighted by atomic mass is 10.2. The Morgan fingerprint density at radius 2 is 2.23 bits per heavy atom. The van der Waals surface area contributed by atoms with Crippen molar-refractivity contribution in [3.05, 3.63) is 36.4 Å². The monoisotopic (exact) mass is 173 g/mol. The average Bonchev–Trinajstić information content (AvgIpc) is 2.65. The maximum Gasteiger partial charge on any atom is 0.175 e. The largest absolute Gasteiger partial charge is 0.483 e. The molecule has 0 radical (unpaired) electrons. The van der Waals surface area contributed by atoms with Crippen molar-refractivity contribution in [1.82, 2.24) is 14.8 Å². The van der Waals surface area contributed by atoms with E-state index >= 15 is 0 Å². The molecule has 0 spiro atoms. The first-order valence-electron chi connectivity index (χ1n) is 4.06. The molecule has 0 amide bonds. The molecule has 1 aliphatic rings. The Hall–Kier alpha value is -1.84. The molecule has 1 aromatic heterocycles. The van der Waals surface area contributed by atoms with Crippen molar-refractivity contribution in [2.24, 2.45) is 0 Å². The van der Waals surface area contributed by atoms with Crippen LogP contribution in [0, 0.1) is 0 Å². The van der Waals surface area contributed by atoms with Gasteiger partial charge in [-0.25, -0.2) is 0 Å². The first-order valence-corrected chi connectivity index (χ1v) is 4.06. The van der Waals surface area contributed by atoms with Crippen LogP contribution in [0.4, 0.5) is 0 Å². The van der Waals surface area contributed by atoms with Gasteiger partial charge in [0.1, 0.15) is 18.7 Å². The number of nitrogens with zero attached hydrogens (tertiary/aromatic N) is 3. The lowest BCUT2D eigenvalue weighted by Crippen LogP contribution is -2.12. The van der Waals surface area contributed by atoms with Crippen molar-refractivity contribution >= 4 is 0 Å². The maximum absolute atomic E-state index is 5.48. The Morgan fingerprint density at radius 3 is 3.23 bits per heavy atom. The highest BCUT2D eigenvalue weighted by molar-refractivity contribution is 5.48. The van der Waals surface area contributed by atoms with Gasteiger partial charge in [-0.1, -0.05) is 12.1 Å². The molecule has 1 aromatic carbocycles. The fourth-order valence-corrected chi connectivity index (χ4v) is 1.48. The molecule has 0 bridgehead atoms. The third kappa shape index (κ3) is 0.853. The Bertz CT molecular complexity index is 450. The second-order valence-corrected chi connectivity index (χ2v) is 2.87. The van der Waals surface area contributed by atoms with Crippen molar-refractivity contribution in [3.8, 4) is 11.4 Å². The Kier molecular flexibility index (Phi) is 1.19. The molecule has 13 heavy (non-hydrogen) atoms. The molecule has 2 aromatic rings. The van der Waals surface area contributed by atoms with Crippen LogP contribution in [0.15, 0.2) is 30.6 Å². The number of aromatic nitrogens is 3. The summed E-state index contributed by atoms with van der Waals surface area (Å²) in [4.78, 5) is 0. The second-order valence-electron chi connectivity index (χ2n) is 2.87. The lowest BCUT2D eigenvalue weighted by molar-refractivity contribution is 0.279. The van der Waals surface area contributed by atoms with Crippen LogP contribution in [0.25, 0.3) is 5.69 Å². The van der Waals surface area contributed by atoms with E-state index in [2.05, 4.69) is 10.2 Å². The van der Waals surface area contributed by atoms with Crippen LogP contribution in [0.2, 0.25) is 0 Å². The minimum atomic E-state index is 0.497. The van der Waals surface area contributed by atoms with Gasteiger partial charge in [0.2, 0.25) is 0 Å². The molecule has 2 heterocycles. The third-order valence-electron chi connectivity index (χ3n) is 2.10.